The van der Waals surface area contributed by atoms with Gasteiger partial charge in [-0.1, -0.05) is 24.8 Å². The van der Waals surface area contributed by atoms with Crippen LogP contribution in [0.1, 0.15) is 0 Å². The predicted molar refractivity (Wildman–Crippen MR) is 56.0 cm³/mol. The van der Waals surface area contributed by atoms with E-state index in [0.29, 0.717) is 0 Å². The van der Waals surface area contributed by atoms with Crippen LogP contribution in [0.2, 0.25) is 0 Å². The Kier molecular flexibility index (Phi) is 1.77. The van der Waals surface area contributed by atoms with Crippen LogP contribution >= 0.6 is 15.9 Å². The van der Waals surface area contributed by atoms with E-state index in [0.717, 1.165) is 4.47 Å². The van der Waals surface area contributed by atoms with Crippen LogP contribution in [-0.4, -0.2) is 4.57 Å². The molecule has 0 N–H and O–H groups in total. The number of para-hydroxylation sites is 1. The minimum absolute atomic E-state index is 1.11. The first-order valence-corrected chi connectivity index (χ1v) is 4.50. The molecule has 0 saturated carbocycles. The Morgan fingerprint density at radius 2 is 2.08 bits per heavy atom. The third-order valence-electron chi connectivity index (χ3n) is 1.89. The van der Waals surface area contributed by atoms with Crippen molar-refractivity contribution in [2.24, 2.45) is 0 Å². The van der Waals surface area contributed by atoms with Gasteiger partial charge in [0.2, 0.25) is 0 Å². The summed E-state index contributed by atoms with van der Waals surface area (Å²) in [7, 11) is 0. The number of hydrogen-bond acceptors (Lipinski definition) is 0. The van der Waals surface area contributed by atoms with E-state index in [1.54, 1.807) is 6.20 Å². The molecule has 0 atom stereocenters. The van der Waals surface area contributed by atoms with Gasteiger partial charge in [-0.2, -0.15) is 0 Å². The van der Waals surface area contributed by atoms with E-state index in [9.17, 15) is 0 Å². The van der Waals surface area contributed by atoms with Crippen LogP contribution in [-0.2, 0) is 0 Å². The normalized spacial score (nSPS) is 10.4. The van der Waals surface area contributed by atoms with Gasteiger partial charge in [0.25, 0.3) is 0 Å². The summed E-state index contributed by atoms with van der Waals surface area (Å²) >= 11 is 3.49. The summed E-state index contributed by atoms with van der Waals surface area (Å²) in [5.74, 6) is 0. The topological polar surface area (TPSA) is 4.93 Å². The average molecular weight is 222 g/mol. The molecule has 0 aliphatic rings. The molecule has 60 valence electrons. The predicted octanol–water partition coefficient (Wildman–Crippen LogP) is 3.50. The Balaban J connectivity index is 2.91. The van der Waals surface area contributed by atoms with Crippen molar-refractivity contribution >= 4 is 33.0 Å². The average Bonchev–Trinajstić information content (AvgIpc) is 2.44. The molecule has 12 heavy (non-hydrogen) atoms. The standard InChI is InChI=1S/C10H8BrN/c1-2-12-7-9(11)8-5-3-4-6-10(8)12/h2-7H,1H2. The van der Waals surface area contributed by atoms with Crippen LogP contribution < -0.4 is 0 Å². The second-order valence-corrected chi connectivity index (χ2v) is 3.44. The van der Waals surface area contributed by atoms with Gasteiger partial charge in [-0.15, -0.1) is 0 Å². The van der Waals surface area contributed by atoms with E-state index in [1.165, 1.54) is 10.9 Å². The van der Waals surface area contributed by atoms with Crippen molar-refractivity contribution in [3.05, 3.63) is 41.5 Å². The number of halogens is 1. The summed E-state index contributed by atoms with van der Waals surface area (Å²) in [5, 5.41) is 1.22. The molecule has 1 nitrogen and oxygen atoms in total. The zero-order valence-corrected chi connectivity index (χ0v) is 8.08. The quantitative estimate of drug-likeness (QED) is 0.695. The van der Waals surface area contributed by atoms with Gasteiger partial charge in [0.15, 0.2) is 0 Å². The summed E-state index contributed by atoms with van der Waals surface area (Å²) in [6.45, 7) is 3.74. The first kappa shape index (κ1) is 7.62. The van der Waals surface area contributed by atoms with Crippen molar-refractivity contribution in [1.29, 1.82) is 0 Å². The van der Waals surface area contributed by atoms with Crippen LogP contribution in [0.15, 0.2) is 41.5 Å². The lowest BCUT2D eigenvalue weighted by Gasteiger charge is -1.93. The number of nitrogens with zero attached hydrogens (tertiary/aromatic N) is 1. The molecule has 2 heteroatoms. The van der Waals surface area contributed by atoms with E-state index < -0.39 is 0 Å². The molecule has 2 aromatic rings. The molecule has 1 aromatic heterocycles. The second-order valence-electron chi connectivity index (χ2n) is 2.58. The molecule has 0 bridgehead atoms. The molecule has 0 aliphatic heterocycles. The molecule has 2 rings (SSSR count). The van der Waals surface area contributed by atoms with Crippen molar-refractivity contribution < 1.29 is 0 Å². The minimum Gasteiger partial charge on any atom is -0.323 e. The van der Waals surface area contributed by atoms with E-state index in [2.05, 4.69) is 34.6 Å². The molecule has 1 heterocycles. The Bertz CT molecular complexity index is 428. The number of rotatable bonds is 1. The zero-order valence-electron chi connectivity index (χ0n) is 6.50. The van der Waals surface area contributed by atoms with Crippen LogP contribution in [0.4, 0.5) is 0 Å². The summed E-state index contributed by atoms with van der Waals surface area (Å²) in [5.41, 5.74) is 1.18. The van der Waals surface area contributed by atoms with Gasteiger partial charge >= 0.3 is 0 Å². The fraction of sp³-hybridized carbons (Fsp3) is 0. The Morgan fingerprint density at radius 1 is 1.33 bits per heavy atom. The number of aromatic nitrogens is 1. The van der Waals surface area contributed by atoms with Crippen molar-refractivity contribution in [3.8, 4) is 0 Å². The highest BCUT2D eigenvalue weighted by atomic mass is 79.9. The summed E-state index contributed by atoms with van der Waals surface area (Å²) in [6, 6.07) is 8.20. The van der Waals surface area contributed by atoms with Gasteiger partial charge in [0, 0.05) is 22.3 Å². The fourth-order valence-corrected chi connectivity index (χ4v) is 1.87. The molecule has 0 spiro atoms. The number of hydrogen-bond donors (Lipinski definition) is 0. The van der Waals surface area contributed by atoms with E-state index in [4.69, 9.17) is 0 Å². The molecule has 0 amide bonds. The lowest BCUT2D eigenvalue weighted by atomic mass is 10.2. The first-order valence-electron chi connectivity index (χ1n) is 3.70. The lowest BCUT2D eigenvalue weighted by molar-refractivity contribution is 1.23. The number of fused-ring (bicyclic) bond motifs is 1. The minimum atomic E-state index is 1.11. The SMILES string of the molecule is C=Cn1cc(Br)c2ccccc21. The van der Waals surface area contributed by atoms with Crippen molar-refractivity contribution in [2.75, 3.05) is 0 Å². The smallest absolute Gasteiger partial charge is 0.0533 e. The van der Waals surface area contributed by atoms with Crippen molar-refractivity contribution in [1.82, 2.24) is 4.57 Å². The highest BCUT2D eigenvalue weighted by Gasteiger charge is 2.01. The number of benzene rings is 1. The second kappa shape index (κ2) is 2.79. The summed E-state index contributed by atoms with van der Waals surface area (Å²) in [6.07, 6.45) is 3.81. The molecule has 0 aliphatic carbocycles. The highest BCUT2D eigenvalue weighted by Crippen LogP contribution is 2.25. The Morgan fingerprint density at radius 3 is 2.83 bits per heavy atom. The Labute approximate surface area is 79.4 Å². The third-order valence-corrected chi connectivity index (χ3v) is 2.52. The van der Waals surface area contributed by atoms with Gasteiger partial charge in [-0.05, 0) is 22.0 Å². The van der Waals surface area contributed by atoms with Gasteiger partial charge in [0.05, 0.1) is 5.52 Å². The molecule has 0 unspecified atom stereocenters. The molecular weight excluding hydrogens is 214 g/mol. The van der Waals surface area contributed by atoms with Gasteiger partial charge in [0.1, 0.15) is 0 Å². The van der Waals surface area contributed by atoms with Crippen LogP contribution in [0, 0.1) is 0 Å². The molecular formula is C10H8BrN. The van der Waals surface area contributed by atoms with E-state index >= 15 is 0 Å². The molecule has 0 radical (unpaired) electrons. The maximum absolute atomic E-state index is 3.74. The highest BCUT2D eigenvalue weighted by molar-refractivity contribution is 9.10. The Hall–Kier alpha value is -1.02. The monoisotopic (exact) mass is 221 g/mol. The van der Waals surface area contributed by atoms with Crippen molar-refractivity contribution in [3.63, 3.8) is 0 Å². The van der Waals surface area contributed by atoms with Gasteiger partial charge in [-0.3, -0.25) is 0 Å². The molecule has 0 fully saturated rings. The van der Waals surface area contributed by atoms with Crippen molar-refractivity contribution in [2.45, 2.75) is 0 Å². The van der Waals surface area contributed by atoms with E-state index in [-0.39, 0.29) is 0 Å². The largest absolute Gasteiger partial charge is 0.323 e. The molecule has 1 aromatic carbocycles. The maximum Gasteiger partial charge on any atom is 0.0533 e. The summed E-state index contributed by atoms with van der Waals surface area (Å²) in [4.78, 5) is 0. The first-order chi connectivity index (χ1) is 5.83. The van der Waals surface area contributed by atoms with Crippen LogP contribution in [0.25, 0.3) is 17.1 Å². The van der Waals surface area contributed by atoms with Crippen LogP contribution in [0.3, 0.4) is 0 Å². The van der Waals surface area contributed by atoms with Crippen LogP contribution in [0.5, 0.6) is 0 Å². The summed E-state index contributed by atoms with van der Waals surface area (Å²) < 4.78 is 3.11. The lowest BCUT2D eigenvalue weighted by Crippen LogP contribution is -1.79. The molecule has 0 saturated heterocycles. The third kappa shape index (κ3) is 0.994. The maximum atomic E-state index is 3.74. The van der Waals surface area contributed by atoms with Gasteiger partial charge < -0.3 is 4.57 Å². The zero-order chi connectivity index (χ0) is 8.55. The van der Waals surface area contributed by atoms with Gasteiger partial charge in [-0.25, -0.2) is 0 Å². The fourth-order valence-electron chi connectivity index (χ4n) is 1.31. The van der Waals surface area contributed by atoms with E-state index in [1.807, 2.05) is 22.9 Å².